The lowest BCUT2D eigenvalue weighted by Gasteiger charge is -2.30. The molecule has 2 amide bonds. The second-order valence-electron chi connectivity index (χ2n) is 9.72. The van der Waals surface area contributed by atoms with E-state index in [0.717, 1.165) is 18.4 Å². The van der Waals surface area contributed by atoms with E-state index >= 15 is 0 Å². The van der Waals surface area contributed by atoms with E-state index in [1.165, 1.54) is 9.70 Å². The predicted octanol–water partition coefficient (Wildman–Crippen LogP) is 3.97. The number of tetrazole rings is 1. The Kier molecular flexibility index (Phi) is 8.95. The molecule has 11 nitrogen and oxygen atoms in total. The average molecular weight is 579 g/mol. The van der Waals surface area contributed by atoms with Crippen LogP contribution in [-0.2, 0) is 27.4 Å². The molecular formula is C29H31ClN6O5. The van der Waals surface area contributed by atoms with Gasteiger partial charge in [-0.1, -0.05) is 29.8 Å². The van der Waals surface area contributed by atoms with Crippen LogP contribution in [0, 0.1) is 6.92 Å². The monoisotopic (exact) mass is 578 g/mol. The zero-order valence-corrected chi connectivity index (χ0v) is 23.6. The number of amides is 2. The van der Waals surface area contributed by atoms with Crippen molar-refractivity contribution < 1.29 is 23.5 Å². The number of aryl methyl sites for hydroxylation is 1. The molecular weight excluding hydrogens is 548 g/mol. The van der Waals surface area contributed by atoms with E-state index in [1.54, 1.807) is 62.6 Å². The maximum atomic E-state index is 13.9. The lowest BCUT2D eigenvalue weighted by atomic mass is 10.1. The number of ether oxygens (including phenoxy) is 2. The molecule has 1 aliphatic rings. The van der Waals surface area contributed by atoms with Gasteiger partial charge >= 0.3 is 0 Å². The summed E-state index contributed by atoms with van der Waals surface area (Å²) in [6.07, 6.45) is 1.74. The largest absolute Gasteiger partial charge is 0.497 e. The normalized spacial score (nSPS) is 15.4. The molecule has 4 aromatic rings. The third-order valence-corrected chi connectivity index (χ3v) is 7.18. The number of hydrogen-bond acceptors (Lipinski definition) is 8. The zero-order valence-electron chi connectivity index (χ0n) is 22.8. The van der Waals surface area contributed by atoms with Crippen LogP contribution >= 0.6 is 11.6 Å². The first-order valence-electron chi connectivity index (χ1n) is 13.3. The van der Waals surface area contributed by atoms with Crippen molar-refractivity contribution in [2.24, 2.45) is 0 Å². The van der Waals surface area contributed by atoms with Crippen molar-refractivity contribution in [3.63, 3.8) is 0 Å². The van der Waals surface area contributed by atoms with E-state index in [4.69, 9.17) is 25.5 Å². The Labute approximate surface area is 242 Å². The van der Waals surface area contributed by atoms with Gasteiger partial charge in [0.05, 0.1) is 13.2 Å². The van der Waals surface area contributed by atoms with Gasteiger partial charge < -0.3 is 24.1 Å². The average Bonchev–Trinajstić information content (AvgIpc) is 3.76. The Hall–Kier alpha value is -4.22. The predicted molar refractivity (Wildman–Crippen MR) is 150 cm³/mol. The maximum Gasteiger partial charge on any atom is 0.250 e. The molecule has 2 aromatic heterocycles. The summed E-state index contributed by atoms with van der Waals surface area (Å²) >= 11 is 6.48. The molecule has 1 N–H and O–H groups in total. The molecule has 1 fully saturated rings. The number of carbonyl (C=O) groups excluding carboxylic acids is 2. The smallest absolute Gasteiger partial charge is 0.250 e. The van der Waals surface area contributed by atoms with E-state index in [0.29, 0.717) is 46.8 Å². The second-order valence-corrected chi connectivity index (χ2v) is 10.1. The van der Waals surface area contributed by atoms with Crippen molar-refractivity contribution in [2.45, 2.75) is 45.0 Å². The number of hydrogen-bond donors (Lipinski definition) is 1. The Balaban J connectivity index is 1.43. The van der Waals surface area contributed by atoms with Crippen molar-refractivity contribution >= 4 is 23.4 Å². The van der Waals surface area contributed by atoms with E-state index in [2.05, 4.69) is 20.7 Å². The molecule has 2 aromatic carbocycles. The molecule has 0 saturated carbocycles. The molecule has 0 unspecified atom stereocenters. The molecule has 0 radical (unpaired) electrons. The molecule has 0 spiro atoms. The van der Waals surface area contributed by atoms with Crippen LogP contribution in [0.2, 0.25) is 5.02 Å². The third kappa shape index (κ3) is 6.93. The van der Waals surface area contributed by atoms with Crippen LogP contribution in [0.1, 0.15) is 36.0 Å². The van der Waals surface area contributed by atoms with Crippen molar-refractivity contribution in [3.8, 4) is 17.1 Å². The van der Waals surface area contributed by atoms with Crippen molar-refractivity contribution in [1.82, 2.24) is 30.4 Å². The molecule has 2 atom stereocenters. The first kappa shape index (κ1) is 28.3. The van der Waals surface area contributed by atoms with Crippen LogP contribution < -0.4 is 10.1 Å². The summed E-state index contributed by atoms with van der Waals surface area (Å²) in [6, 6.07) is 16.8. The van der Waals surface area contributed by atoms with Gasteiger partial charge in [0.1, 0.15) is 23.8 Å². The Morgan fingerprint density at radius 1 is 1.17 bits per heavy atom. The highest BCUT2D eigenvalue weighted by molar-refractivity contribution is 6.31. The van der Waals surface area contributed by atoms with Gasteiger partial charge in [0.2, 0.25) is 11.7 Å². The lowest BCUT2D eigenvalue weighted by Crippen LogP contribution is -2.46. The fraction of sp³-hybridized carbons (Fsp3) is 0.345. The van der Waals surface area contributed by atoms with Crippen LogP contribution in [0.15, 0.2) is 65.1 Å². The fourth-order valence-corrected chi connectivity index (χ4v) is 4.85. The SMILES string of the molecule is COc1ccc(-c2nnn(CC(=O)N(Cc3ccccc3Cl)[C@H](C(=O)NC[C@H]3CCCO3)c3ccc(C)o3)n2)cc1. The number of halogens is 1. The fourth-order valence-electron chi connectivity index (χ4n) is 4.65. The van der Waals surface area contributed by atoms with Crippen LogP contribution in [-0.4, -0.2) is 63.3 Å². The number of carbonyl (C=O) groups is 2. The van der Waals surface area contributed by atoms with Crippen molar-refractivity contribution in [3.05, 3.63) is 82.8 Å². The topological polar surface area (TPSA) is 125 Å². The third-order valence-electron chi connectivity index (χ3n) is 6.82. The van der Waals surface area contributed by atoms with Gasteiger partial charge in [-0.3, -0.25) is 9.59 Å². The molecule has 3 heterocycles. The number of nitrogens with zero attached hydrogens (tertiary/aromatic N) is 5. The molecule has 41 heavy (non-hydrogen) atoms. The zero-order chi connectivity index (χ0) is 28.8. The standard InChI is InChI=1S/C29H31ClN6O5/c1-19-9-14-25(41-19)27(29(38)31-16-23-7-5-15-40-23)35(17-21-6-3-4-8-24(21)30)26(37)18-36-33-28(32-34-36)20-10-12-22(39-2)13-11-20/h3-4,6,8-14,23,27H,5,7,15-18H2,1-2H3,(H,31,38)/t23-,27+/m1/s1. The molecule has 214 valence electrons. The highest BCUT2D eigenvalue weighted by Crippen LogP contribution is 2.28. The summed E-state index contributed by atoms with van der Waals surface area (Å²) in [5.74, 6) is 1.19. The molecule has 1 saturated heterocycles. The maximum absolute atomic E-state index is 13.9. The highest BCUT2D eigenvalue weighted by Gasteiger charge is 2.35. The number of methoxy groups -OCH3 is 1. The molecule has 0 aliphatic carbocycles. The first-order valence-corrected chi connectivity index (χ1v) is 13.7. The highest BCUT2D eigenvalue weighted by atomic mass is 35.5. The summed E-state index contributed by atoms with van der Waals surface area (Å²) in [5.41, 5.74) is 1.39. The minimum atomic E-state index is -1.07. The van der Waals surface area contributed by atoms with E-state index in [9.17, 15) is 9.59 Å². The summed E-state index contributed by atoms with van der Waals surface area (Å²) in [4.78, 5) is 30.3. The number of furan rings is 1. The Morgan fingerprint density at radius 3 is 2.66 bits per heavy atom. The number of benzene rings is 2. The van der Waals surface area contributed by atoms with E-state index in [-0.39, 0.29) is 25.1 Å². The van der Waals surface area contributed by atoms with Crippen LogP contribution in [0.4, 0.5) is 0 Å². The molecule has 1 aliphatic heterocycles. The number of rotatable bonds is 11. The van der Waals surface area contributed by atoms with Gasteiger partial charge in [-0.05, 0) is 73.0 Å². The summed E-state index contributed by atoms with van der Waals surface area (Å²) in [6.45, 7) is 2.57. The number of aromatic nitrogens is 4. The minimum absolute atomic E-state index is 0.0519. The lowest BCUT2D eigenvalue weighted by molar-refractivity contribution is -0.143. The van der Waals surface area contributed by atoms with Gasteiger partial charge in [0, 0.05) is 30.3 Å². The number of nitrogens with one attached hydrogen (secondary N) is 1. The van der Waals surface area contributed by atoms with E-state index in [1.807, 2.05) is 12.1 Å². The van der Waals surface area contributed by atoms with Gasteiger partial charge in [-0.2, -0.15) is 4.80 Å². The Bertz CT molecular complexity index is 1480. The molecule has 0 bridgehead atoms. The summed E-state index contributed by atoms with van der Waals surface area (Å²) in [5, 5.41) is 16.0. The Morgan fingerprint density at radius 2 is 1.98 bits per heavy atom. The van der Waals surface area contributed by atoms with Crippen LogP contribution in [0.3, 0.4) is 0 Å². The first-order chi connectivity index (χ1) is 19.9. The van der Waals surface area contributed by atoms with Gasteiger partial charge in [-0.15, -0.1) is 10.2 Å². The van der Waals surface area contributed by atoms with Crippen molar-refractivity contribution in [2.75, 3.05) is 20.3 Å². The van der Waals surface area contributed by atoms with Gasteiger partial charge in [0.25, 0.3) is 5.91 Å². The summed E-state index contributed by atoms with van der Waals surface area (Å²) in [7, 11) is 1.59. The molecule has 12 heteroatoms. The molecule has 5 rings (SSSR count). The van der Waals surface area contributed by atoms with Crippen molar-refractivity contribution in [1.29, 1.82) is 0 Å². The second kappa shape index (κ2) is 13.0. The van der Waals surface area contributed by atoms with Gasteiger partial charge in [0.15, 0.2) is 6.04 Å². The van der Waals surface area contributed by atoms with Crippen LogP contribution in [0.5, 0.6) is 5.75 Å². The van der Waals surface area contributed by atoms with E-state index < -0.39 is 11.9 Å². The summed E-state index contributed by atoms with van der Waals surface area (Å²) < 4.78 is 16.8. The quantitative estimate of drug-likeness (QED) is 0.283. The van der Waals surface area contributed by atoms with Crippen LogP contribution in [0.25, 0.3) is 11.4 Å². The van der Waals surface area contributed by atoms with Gasteiger partial charge in [-0.25, -0.2) is 0 Å². The minimum Gasteiger partial charge on any atom is -0.497 e.